The Morgan fingerprint density at radius 2 is 1.57 bits per heavy atom. The zero-order valence-electron chi connectivity index (χ0n) is 14.9. The molecule has 0 bridgehead atoms. The van der Waals surface area contributed by atoms with Crippen LogP contribution in [0.2, 0.25) is 5.02 Å². The van der Waals surface area contributed by atoms with E-state index in [0.29, 0.717) is 28.4 Å². The van der Waals surface area contributed by atoms with Crippen molar-refractivity contribution in [1.82, 2.24) is 5.32 Å². The Labute approximate surface area is 167 Å². The second kappa shape index (κ2) is 9.15. The normalized spacial score (nSPS) is 10.4. The Bertz CT molecular complexity index is 1010. The summed E-state index contributed by atoms with van der Waals surface area (Å²) in [5.74, 6) is -0.720. The second-order valence-corrected chi connectivity index (χ2v) is 6.51. The Balaban J connectivity index is 1.69. The number of anilines is 1. The Kier molecular flexibility index (Phi) is 6.40. The molecule has 3 aromatic rings. The Hall–Kier alpha value is -3.18. The average molecular weight is 397 g/mol. The van der Waals surface area contributed by atoms with Gasteiger partial charge < -0.3 is 10.6 Å². The molecule has 0 saturated heterocycles. The molecule has 0 aromatic heterocycles. The van der Waals surface area contributed by atoms with Crippen molar-refractivity contribution >= 4 is 29.1 Å². The maximum absolute atomic E-state index is 13.1. The second-order valence-electron chi connectivity index (χ2n) is 6.10. The molecule has 3 rings (SSSR count). The molecule has 2 N–H and O–H groups in total. The first-order valence-corrected chi connectivity index (χ1v) is 9.03. The van der Waals surface area contributed by atoms with Crippen LogP contribution >= 0.6 is 11.6 Å². The van der Waals surface area contributed by atoms with E-state index in [-0.39, 0.29) is 11.5 Å². The van der Waals surface area contributed by atoms with E-state index >= 15 is 0 Å². The summed E-state index contributed by atoms with van der Waals surface area (Å²) in [6, 6.07) is 20.3. The van der Waals surface area contributed by atoms with E-state index in [1.807, 2.05) is 18.2 Å². The molecular formula is C22H18ClFN2O2. The highest BCUT2D eigenvalue weighted by Gasteiger charge is 2.12. The third-order valence-corrected chi connectivity index (χ3v) is 4.55. The molecular weight excluding hydrogens is 379 g/mol. The predicted octanol–water partition coefficient (Wildman–Crippen LogP) is 4.99. The molecule has 0 aliphatic carbocycles. The molecule has 0 fully saturated rings. The fourth-order valence-electron chi connectivity index (χ4n) is 2.71. The van der Waals surface area contributed by atoms with Gasteiger partial charge in [0.05, 0.1) is 0 Å². The van der Waals surface area contributed by atoms with E-state index < -0.39 is 12.6 Å². The molecule has 0 heterocycles. The highest BCUT2D eigenvalue weighted by atomic mass is 35.5. The van der Waals surface area contributed by atoms with Crippen LogP contribution in [0.15, 0.2) is 72.8 Å². The lowest BCUT2D eigenvalue weighted by atomic mass is 10.1. The number of rotatable bonds is 6. The van der Waals surface area contributed by atoms with Crippen molar-refractivity contribution in [3.63, 3.8) is 0 Å². The van der Waals surface area contributed by atoms with Crippen LogP contribution in [0.1, 0.15) is 31.8 Å². The van der Waals surface area contributed by atoms with Gasteiger partial charge in [-0.1, -0.05) is 54.1 Å². The van der Waals surface area contributed by atoms with Gasteiger partial charge in [-0.25, -0.2) is 4.39 Å². The molecule has 0 aliphatic rings. The van der Waals surface area contributed by atoms with E-state index in [1.165, 1.54) is 0 Å². The zero-order valence-corrected chi connectivity index (χ0v) is 15.7. The van der Waals surface area contributed by atoms with E-state index in [1.54, 1.807) is 54.6 Å². The molecule has 4 nitrogen and oxygen atoms in total. The zero-order chi connectivity index (χ0) is 19.9. The van der Waals surface area contributed by atoms with Crippen LogP contribution < -0.4 is 10.6 Å². The van der Waals surface area contributed by atoms with Crippen LogP contribution in [-0.2, 0) is 13.2 Å². The number of hydrogen-bond acceptors (Lipinski definition) is 2. The molecule has 0 unspecified atom stereocenters. The number of alkyl halides is 1. The van der Waals surface area contributed by atoms with Gasteiger partial charge in [0, 0.05) is 28.4 Å². The van der Waals surface area contributed by atoms with Gasteiger partial charge in [-0.2, -0.15) is 0 Å². The van der Waals surface area contributed by atoms with Crippen molar-refractivity contribution in [3.05, 3.63) is 100 Å². The quantitative estimate of drug-likeness (QED) is 0.616. The van der Waals surface area contributed by atoms with Crippen LogP contribution in [0.4, 0.5) is 10.1 Å². The van der Waals surface area contributed by atoms with Gasteiger partial charge in [0.15, 0.2) is 0 Å². The van der Waals surface area contributed by atoms with Crippen molar-refractivity contribution in [3.8, 4) is 0 Å². The summed E-state index contributed by atoms with van der Waals surface area (Å²) in [4.78, 5) is 24.9. The first-order chi connectivity index (χ1) is 13.6. The minimum Gasteiger partial charge on any atom is -0.348 e. The number of carbonyl (C=O) groups excluding carboxylic acids is 2. The maximum Gasteiger partial charge on any atom is 0.256 e. The molecule has 28 heavy (non-hydrogen) atoms. The number of hydrogen-bond donors (Lipinski definition) is 2. The van der Waals surface area contributed by atoms with Crippen molar-refractivity contribution in [2.75, 3.05) is 5.32 Å². The van der Waals surface area contributed by atoms with Gasteiger partial charge in [0.1, 0.15) is 6.67 Å². The summed E-state index contributed by atoms with van der Waals surface area (Å²) in [5.41, 5.74) is 2.23. The molecule has 6 heteroatoms. The summed E-state index contributed by atoms with van der Waals surface area (Å²) in [7, 11) is 0. The molecule has 142 valence electrons. The molecule has 0 saturated carbocycles. The van der Waals surface area contributed by atoms with Crippen LogP contribution in [0.5, 0.6) is 0 Å². The lowest BCUT2D eigenvalue weighted by Crippen LogP contribution is -2.23. The van der Waals surface area contributed by atoms with Crippen molar-refractivity contribution in [2.45, 2.75) is 13.2 Å². The third kappa shape index (κ3) is 4.75. The number of carbonyl (C=O) groups is 2. The average Bonchev–Trinajstić information content (AvgIpc) is 2.73. The standard InChI is InChI=1S/C22H18ClFN2O2/c23-20-11-4-2-7-17(20)14-25-21(27)15-8-5-9-18(12-15)26-22(28)19-10-3-1-6-16(19)13-24/h1-12H,13-14H2,(H,25,27)(H,26,28). The molecule has 0 aliphatic heterocycles. The monoisotopic (exact) mass is 396 g/mol. The van der Waals surface area contributed by atoms with Crippen molar-refractivity contribution in [2.24, 2.45) is 0 Å². The van der Waals surface area contributed by atoms with Gasteiger partial charge in [-0.15, -0.1) is 0 Å². The van der Waals surface area contributed by atoms with Crippen LogP contribution in [0.3, 0.4) is 0 Å². The minimum absolute atomic E-state index is 0.263. The van der Waals surface area contributed by atoms with Gasteiger partial charge in [0.25, 0.3) is 11.8 Å². The highest BCUT2D eigenvalue weighted by molar-refractivity contribution is 6.31. The number of amides is 2. The van der Waals surface area contributed by atoms with Crippen molar-refractivity contribution < 1.29 is 14.0 Å². The number of benzene rings is 3. The summed E-state index contributed by atoms with van der Waals surface area (Å²) in [6.07, 6.45) is 0. The maximum atomic E-state index is 13.1. The van der Waals surface area contributed by atoms with Gasteiger partial charge in [-0.3, -0.25) is 9.59 Å². The van der Waals surface area contributed by atoms with E-state index in [0.717, 1.165) is 5.56 Å². The third-order valence-electron chi connectivity index (χ3n) is 4.19. The number of halogens is 2. The van der Waals surface area contributed by atoms with Crippen LogP contribution in [0.25, 0.3) is 0 Å². The SMILES string of the molecule is O=C(NCc1ccccc1Cl)c1cccc(NC(=O)c2ccccc2CF)c1. The highest BCUT2D eigenvalue weighted by Crippen LogP contribution is 2.17. The summed E-state index contributed by atoms with van der Waals surface area (Å²) < 4.78 is 13.1. The fourth-order valence-corrected chi connectivity index (χ4v) is 2.92. The largest absolute Gasteiger partial charge is 0.348 e. The van der Waals surface area contributed by atoms with E-state index in [4.69, 9.17) is 11.6 Å². The Morgan fingerprint density at radius 3 is 2.32 bits per heavy atom. The minimum atomic E-state index is -0.728. The first-order valence-electron chi connectivity index (χ1n) is 8.65. The summed E-state index contributed by atoms with van der Waals surface area (Å²) in [6.45, 7) is -0.437. The van der Waals surface area contributed by atoms with Gasteiger partial charge in [0.2, 0.25) is 0 Å². The lowest BCUT2D eigenvalue weighted by Gasteiger charge is -2.10. The van der Waals surface area contributed by atoms with Gasteiger partial charge >= 0.3 is 0 Å². The molecule has 0 atom stereocenters. The van der Waals surface area contributed by atoms with Gasteiger partial charge in [-0.05, 0) is 41.5 Å². The molecule has 0 radical (unpaired) electrons. The van der Waals surface area contributed by atoms with Crippen molar-refractivity contribution in [1.29, 1.82) is 0 Å². The van der Waals surface area contributed by atoms with Crippen LogP contribution in [-0.4, -0.2) is 11.8 Å². The Morgan fingerprint density at radius 1 is 0.857 bits per heavy atom. The van der Waals surface area contributed by atoms with E-state index in [2.05, 4.69) is 10.6 Å². The lowest BCUT2D eigenvalue weighted by molar-refractivity contribution is 0.0949. The topological polar surface area (TPSA) is 58.2 Å². The first kappa shape index (κ1) is 19.6. The smallest absolute Gasteiger partial charge is 0.256 e. The summed E-state index contributed by atoms with van der Waals surface area (Å²) in [5, 5.41) is 6.08. The fraction of sp³-hybridized carbons (Fsp3) is 0.0909. The number of nitrogens with one attached hydrogen (secondary N) is 2. The van der Waals surface area contributed by atoms with E-state index in [9.17, 15) is 14.0 Å². The summed E-state index contributed by atoms with van der Waals surface area (Å²) >= 11 is 6.09. The predicted molar refractivity (Wildman–Crippen MR) is 108 cm³/mol. The molecule has 2 amide bonds. The molecule has 0 spiro atoms. The van der Waals surface area contributed by atoms with Crippen LogP contribution in [0, 0.1) is 0 Å². The molecule has 3 aromatic carbocycles.